The van der Waals surface area contributed by atoms with Gasteiger partial charge in [0, 0.05) is 44.8 Å². The van der Waals surface area contributed by atoms with E-state index in [9.17, 15) is 5.26 Å². The predicted octanol–water partition coefficient (Wildman–Crippen LogP) is 2.16. The molecule has 0 aliphatic carbocycles. The van der Waals surface area contributed by atoms with Crippen molar-refractivity contribution in [2.45, 2.75) is 25.8 Å². The molecule has 1 saturated heterocycles. The van der Waals surface area contributed by atoms with Gasteiger partial charge in [0.1, 0.15) is 6.07 Å². The summed E-state index contributed by atoms with van der Waals surface area (Å²) >= 11 is 0. The lowest BCUT2D eigenvalue weighted by Gasteiger charge is -2.37. The van der Waals surface area contributed by atoms with Crippen molar-refractivity contribution in [3.05, 3.63) is 42.0 Å². The summed E-state index contributed by atoms with van der Waals surface area (Å²) in [7, 11) is 2.05. The Bertz CT molecular complexity index is 698. The summed E-state index contributed by atoms with van der Waals surface area (Å²) < 4.78 is 0. The lowest BCUT2D eigenvalue weighted by Crippen LogP contribution is -2.44. The molecule has 0 saturated carbocycles. The van der Waals surface area contributed by atoms with Gasteiger partial charge in [0.05, 0.1) is 5.69 Å². The van der Waals surface area contributed by atoms with Gasteiger partial charge in [-0.05, 0) is 37.5 Å². The van der Waals surface area contributed by atoms with Crippen molar-refractivity contribution in [1.29, 1.82) is 5.26 Å². The van der Waals surface area contributed by atoms with Gasteiger partial charge in [-0.15, -0.1) is 0 Å². The van der Waals surface area contributed by atoms with Gasteiger partial charge in [-0.1, -0.05) is 0 Å². The Kier molecular flexibility index (Phi) is 4.38. The van der Waals surface area contributed by atoms with Crippen molar-refractivity contribution in [2.24, 2.45) is 0 Å². The van der Waals surface area contributed by atoms with E-state index in [2.05, 4.69) is 37.9 Å². The maximum atomic E-state index is 9.20. The van der Waals surface area contributed by atoms with Gasteiger partial charge >= 0.3 is 0 Å². The van der Waals surface area contributed by atoms with Gasteiger partial charge in [0.25, 0.3) is 0 Å². The molecule has 1 aliphatic heterocycles. The monoisotopic (exact) mass is 308 g/mol. The van der Waals surface area contributed by atoms with E-state index in [1.54, 1.807) is 6.20 Å². The van der Waals surface area contributed by atoms with E-state index in [0.717, 1.165) is 43.1 Å². The lowest BCUT2D eigenvalue weighted by molar-refractivity contribution is 0.477. The minimum atomic E-state index is 0.413. The number of hydrogen-bond acceptors (Lipinski definition) is 6. The molecule has 0 atom stereocenters. The highest BCUT2D eigenvalue weighted by atomic mass is 15.3. The highest BCUT2D eigenvalue weighted by Crippen LogP contribution is 2.25. The van der Waals surface area contributed by atoms with E-state index in [1.807, 2.05) is 31.5 Å². The molecule has 6 heteroatoms. The summed E-state index contributed by atoms with van der Waals surface area (Å²) in [4.78, 5) is 17.4. The molecule has 1 aliphatic rings. The van der Waals surface area contributed by atoms with Crippen LogP contribution in [0.4, 0.5) is 11.6 Å². The maximum Gasteiger partial charge on any atom is 0.225 e. The summed E-state index contributed by atoms with van der Waals surface area (Å²) in [5.41, 5.74) is 2.50. The number of piperidine rings is 1. The Morgan fingerprint density at radius 3 is 2.57 bits per heavy atom. The third-order valence-corrected chi connectivity index (χ3v) is 4.33. The van der Waals surface area contributed by atoms with Gasteiger partial charge in [-0.25, -0.2) is 15.0 Å². The van der Waals surface area contributed by atoms with E-state index in [1.165, 1.54) is 0 Å². The van der Waals surface area contributed by atoms with E-state index < -0.39 is 0 Å². The van der Waals surface area contributed by atoms with Gasteiger partial charge in [-0.3, -0.25) is 0 Å². The minimum absolute atomic E-state index is 0.413. The number of nitrogens with zero attached hydrogens (tertiary/aromatic N) is 6. The number of anilines is 2. The second-order valence-electron chi connectivity index (χ2n) is 5.87. The van der Waals surface area contributed by atoms with E-state index >= 15 is 0 Å². The Labute approximate surface area is 136 Å². The van der Waals surface area contributed by atoms with Crippen LogP contribution in [0, 0.1) is 18.3 Å². The number of rotatable bonds is 3. The Hall–Kier alpha value is -2.68. The molecule has 0 bridgehead atoms. The van der Waals surface area contributed by atoms with Crippen LogP contribution in [0.3, 0.4) is 0 Å². The van der Waals surface area contributed by atoms with Crippen molar-refractivity contribution >= 4 is 11.6 Å². The van der Waals surface area contributed by atoms with Crippen molar-refractivity contribution in [3.8, 4) is 6.07 Å². The van der Waals surface area contributed by atoms with E-state index in [-0.39, 0.29) is 0 Å². The fourth-order valence-electron chi connectivity index (χ4n) is 2.96. The molecule has 3 heterocycles. The van der Waals surface area contributed by atoms with Gasteiger partial charge in [0.2, 0.25) is 5.95 Å². The first-order valence-electron chi connectivity index (χ1n) is 7.80. The third kappa shape index (κ3) is 3.24. The summed E-state index contributed by atoms with van der Waals surface area (Å²) in [6, 6.07) is 6.44. The normalized spacial score (nSPS) is 15.3. The quantitative estimate of drug-likeness (QED) is 0.865. The molecule has 0 N–H and O–H groups in total. The van der Waals surface area contributed by atoms with Crippen LogP contribution in [-0.2, 0) is 0 Å². The van der Waals surface area contributed by atoms with Crippen LogP contribution < -0.4 is 9.80 Å². The van der Waals surface area contributed by atoms with Crippen LogP contribution in [0.5, 0.6) is 0 Å². The predicted molar refractivity (Wildman–Crippen MR) is 89.4 cm³/mol. The van der Waals surface area contributed by atoms with Crippen LogP contribution in [-0.4, -0.2) is 41.1 Å². The molecule has 0 amide bonds. The second-order valence-corrected chi connectivity index (χ2v) is 5.87. The van der Waals surface area contributed by atoms with Crippen LogP contribution in [0.15, 0.2) is 30.7 Å². The molecule has 1 fully saturated rings. The molecular weight excluding hydrogens is 288 g/mol. The van der Waals surface area contributed by atoms with E-state index in [4.69, 9.17) is 0 Å². The maximum absolute atomic E-state index is 9.20. The number of aryl methyl sites for hydroxylation is 1. The topological polar surface area (TPSA) is 68.9 Å². The average Bonchev–Trinajstić information content (AvgIpc) is 2.62. The smallest absolute Gasteiger partial charge is 0.225 e. The molecule has 2 aromatic rings. The Morgan fingerprint density at radius 2 is 1.91 bits per heavy atom. The first kappa shape index (κ1) is 15.2. The average molecular weight is 308 g/mol. The van der Waals surface area contributed by atoms with Crippen LogP contribution in [0.2, 0.25) is 0 Å². The largest absolute Gasteiger partial charge is 0.369 e. The Morgan fingerprint density at radius 1 is 1.22 bits per heavy atom. The summed E-state index contributed by atoms with van der Waals surface area (Å²) in [6.07, 6.45) is 7.38. The van der Waals surface area contributed by atoms with Crippen LogP contribution in [0.1, 0.15) is 24.1 Å². The first-order chi connectivity index (χ1) is 11.2. The zero-order valence-electron chi connectivity index (χ0n) is 13.5. The van der Waals surface area contributed by atoms with Gasteiger partial charge < -0.3 is 9.80 Å². The molecule has 3 rings (SSSR count). The number of nitriles is 1. The Balaban J connectivity index is 1.66. The fraction of sp³-hybridized carbons (Fsp3) is 0.412. The fourth-order valence-corrected chi connectivity index (χ4v) is 2.96. The summed E-state index contributed by atoms with van der Waals surface area (Å²) in [6.45, 7) is 3.80. The molecular formula is C17H20N6. The highest BCUT2D eigenvalue weighted by molar-refractivity contribution is 5.56. The summed E-state index contributed by atoms with van der Waals surface area (Å²) in [5.74, 6) is 0.771. The van der Waals surface area contributed by atoms with Gasteiger partial charge in [0.15, 0.2) is 5.69 Å². The number of pyridine rings is 1. The minimum Gasteiger partial charge on any atom is -0.369 e. The second kappa shape index (κ2) is 6.61. The molecule has 118 valence electrons. The third-order valence-electron chi connectivity index (χ3n) is 4.33. The van der Waals surface area contributed by atoms with Crippen LogP contribution >= 0.6 is 0 Å². The van der Waals surface area contributed by atoms with E-state index in [0.29, 0.717) is 11.7 Å². The standard InChI is InChI=1S/C17H20N6/c1-13-11-20-17(21-12-13)22(2)14-5-8-23(9-6-14)16-4-3-7-19-15(16)10-18/h3-4,7,11-12,14H,5-6,8-9H2,1-2H3. The van der Waals surface area contributed by atoms with Crippen molar-refractivity contribution < 1.29 is 0 Å². The number of aromatic nitrogens is 3. The van der Waals surface area contributed by atoms with Crippen molar-refractivity contribution in [3.63, 3.8) is 0 Å². The van der Waals surface area contributed by atoms with Gasteiger partial charge in [-0.2, -0.15) is 5.26 Å². The molecule has 0 aromatic carbocycles. The molecule has 2 aromatic heterocycles. The number of hydrogen-bond donors (Lipinski definition) is 0. The SMILES string of the molecule is Cc1cnc(N(C)C2CCN(c3cccnc3C#N)CC2)nc1. The lowest BCUT2D eigenvalue weighted by atomic mass is 10.0. The molecule has 0 unspecified atom stereocenters. The van der Waals surface area contributed by atoms with Crippen molar-refractivity contribution in [1.82, 2.24) is 15.0 Å². The molecule has 23 heavy (non-hydrogen) atoms. The van der Waals surface area contributed by atoms with Crippen LogP contribution in [0.25, 0.3) is 0 Å². The molecule has 6 nitrogen and oxygen atoms in total. The van der Waals surface area contributed by atoms with Crippen molar-refractivity contribution in [2.75, 3.05) is 29.9 Å². The molecule has 0 radical (unpaired) electrons. The first-order valence-corrected chi connectivity index (χ1v) is 7.80. The zero-order chi connectivity index (χ0) is 16.2. The molecule has 0 spiro atoms. The zero-order valence-corrected chi connectivity index (χ0v) is 13.5. The highest BCUT2D eigenvalue weighted by Gasteiger charge is 2.25. The summed E-state index contributed by atoms with van der Waals surface area (Å²) in [5, 5.41) is 9.20.